The number of methoxy groups -OCH3 is 1. The number of nitrogens with one attached hydrogen (secondary N) is 2. The summed E-state index contributed by atoms with van der Waals surface area (Å²) in [7, 11) is 1.54. The van der Waals surface area contributed by atoms with E-state index in [9.17, 15) is 9.59 Å². The highest BCUT2D eigenvalue weighted by Crippen LogP contribution is 2.18. The molecule has 3 rings (SSSR count). The van der Waals surface area contributed by atoms with Crippen LogP contribution in [0, 0.1) is 0 Å². The number of rotatable bonds is 8. The number of benzene rings is 2. The maximum atomic E-state index is 12.1. The van der Waals surface area contributed by atoms with E-state index < -0.39 is 18.5 Å². The van der Waals surface area contributed by atoms with Crippen LogP contribution >= 0.6 is 11.3 Å². The first-order chi connectivity index (χ1) is 13.6. The minimum atomic E-state index is -0.648. The molecule has 28 heavy (non-hydrogen) atoms. The topological polar surface area (TPSA) is 89.5 Å². The summed E-state index contributed by atoms with van der Waals surface area (Å²) in [4.78, 5) is 28.2. The molecule has 1 heterocycles. The Bertz CT molecular complexity index is 943. The van der Waals surface area contributed by atoms with Crippen LogP contribution in [0.25, 0.3) is 0 Å². The highest BCUT2D eigenvalue weighted by Gasteiger charge is 2.14. The van der Waals surface area contributed by atoms with Gasteiger partial charge >= 0.3 is 5.97 Å². The Morgan fingerprint density at radius 3 is 2.71 bits per heavy atom. The smallest absolute Gasteiger partial charge is 0.358 e. The van der Waals surface area contributed by atoms with Crippen molar-refractivity contribution in [3.05, 3.63) is 71.2 Å². The van der Waals surface area contributed by atoms with Gasteiger partial charge in [-0.2, -0.15) is 0 Å². The zero-order valence-electron chi connectivity index (χ0n) is 15.2. The lowest BCUT2D eigenvalue weighted by atomic mass is 10.2. The normalized spacial score (nSPS) is 10.2. The Labute approximate surface area is 166 Å². The van der Waals surface area contributed by atoms with E-state index in [1.807, 2.05) is 30.3 Å². The largest absolute Gasteiger partial charge is 0.497 e. The number of hydrogen-bond acceptors (Lipinski definition) is 7. The molecule has 2 N–H and O–H groups in total. The molecule has 0 fully saturated rings. The molecule has 3 aromatic rings. The molecule has 0 bridgehead atoms. The van der Waals surface area contributed by atoms with Crippen LogP contribution in [-0.4, -0.2) is 30.6 Å². The summed E-state index contributed by atoms with van der Waals surface area (Å²) >= 11 is 1.30. The van der Waals surface area contributed by atoms with Gasteiger partial charge in [-0.15, -0.1) is 11.3 Å². The van der Waals surface area contributed by atoms with E-state index in [4.69, 9.17) is 9.47 Å². The lowest BCUT2D eigenvalue weighted by Gasteiger charge is -2.07. The van der Waals surface area contributed by atoms with Gasteiger partial charge in [0.2, 0.25) is 0 Å². The van der Waals surface area contributed by atoms with Crippen molar-refractivity contribution in [3.8, 4) is 5.75 Å². The maximum absolute atomic E-state index is 12.1. The maximum Gasteiger partial charge on any atom is 0.358 e. The summed E-state index contributed by atoms with van der Waals surface area (Å²) in [5.41, 5.74) is 1.83. The molecule has 0 aliphatic carbocycles. The average molecular weight is 397 g/mol. The fourth-order valence-electron chi connectivity index (χ4n) is 2.33. The Balaban J connectivity index is 1.46. The Hall–Kier alpha value is -3.39. The summed E-state index contributed by atoms with van der Waals surface area (Å²) in [5.74, 6) is -0.475. The number of thiazole rings is 1. The lowest BCUT2D eigenvalue weighted by molar-refractivity contribution is -0.119. The number of anilines is 2. The van der Waals surface area contributed by atoms with Crippen molar-refractivity contribution in [2.75, 3.05) is 24.4 Å². The summed E-state index contributed by atoms with van der Waals surface area (Å²) in [6.07, 6.45) is 0. The molecule has 144 valence electrons. The van der Waals surface area contributed by atoms with Crippen LogP contribution in [-0.2, 0) is 16.1 Å². The number of hydrogen-bond donors (Lipinski definition) is 2. The van der Waals surface area contributed by atoms with Gasteiger partial charge in [0.15, 0.2) is 17.4 Å². The van der Waals surface area contributed by atoms with E-state index >= 15 is 0 Å². The lowest BCUT2D eigenvalue weighted by Crippen LogP contribution is -2.21. The summed E-state index contributed by atoms with van der Waals surface area (Å²) in [6.45, 7) is 0.201. The van der Waals surface area contributed by atoms with Gasteiger partial charge in [-0.25, -0.2) is 9.78 Å². The van der Waals surface area contributed by atoms with E-state index in [-0.39, 0.29) is 5.69 Å². The Kier molecular flexibility index (Phi) is 6.59. The predicted molar refractivity (Wildman–Crippen MR) is 108 cm³/mol. The highest BCUT2D eigenvalue weighted by atomic mass is 32.1. The minimum absolute atomic E-state index is 0.162. The Morgan fingerprint density at radius 2 is 1.93 bits per heavy atom. The number of nitrogens with zero attached hydrogens (tertiary/aromatic N) is 1. The van der Waals surface area contributed by atoms with Gasteiger partial charge in [0.1, 0.15) is 5.75 Å². The van der Waals surface area contributed by atoms with E-state index in [1.54, 1.807) is 36.8 Å². The van der Waals surface area contributed by atoms with Gasteiger partial charge in [0, 0.05) is 23.7 Å². The second-order valence-corrected chi connectivity index (χ2v) is 6.59. The zero-order chi connectivity index (χ0) is 19.8. The van der Waals surface area contributed by atoms with E-state index in [1.165, 1.54) is 11.3 Å². The molecule has 0 saturated carbocycles. The first kappa shape index (κ1) is 19.4. The SMILES string of the molecule is COc1cccc(NC(=O)COC(=O)c2csc(NCc3ccccc3)n2)c1. The van der Waals surface area contributed by atoms with Gasteiger partial charge in [-0.3, -0.25) is 4.79 Å². The van der Waals surface area contributed by atoms with Crippen LogP contribution in [0.4, 0.5) is 10.8 Å². The van der Waals surface area contributed by atoms with E-state index in [0.717, 1.165) is 5.56 Å². The quantitative estimate of drug-likeness (QED) is 0.565. The third kappa shape index (κ3) is 5.55. The fraction of sp³-hybridized carbons (Fsp3) is 0.150. The van der Waals surface area contributed by atoms with Crippen molar-refractivity contribution >= 4 is 34.0 Å². The van der Waals surface area contributed by atoms with Gasteiger partial charge in [-0.1, -0.05) is 36.4 Å². The van der Waals surface area contributed by atoms with Crippen LogP contribution in [0.15, 0.2) is 60.0 Å². The van der Waals surface area contributed by atoms with Crippen LogP contribution in [0.1, 0.15) is 16.1 Å². The fourth-order valence-corrected chi connectivity index (χ4v) is 3.00. The predicted octanol–water partition coefficient (Wildman–Crippen LogP) is 3.56. The van der Waals surface area contributed by atoms with Crippen molar-refractivity contribution in [1.82, 2.24) is 4.98 Å². The van der Waals surface area contributed by atoms with Crippen LogP contribution in [0.3, 0.4) is 0 Å². The summed E-state index contributed by atoms with van der Waals surface area (Å²) in [6, 6.07) is 16.8. The molecule has 7 nitrogen and oxygen atoms in total. The van der Waals surface area contributed by atoms with Crippen LogP contribution in [0.5, 0.6) is 5.75 Å². The standard InChI is InChI=1S/C20H19N3O4S/c1-26-16-9-5-8-15(10-16)22-18(24)12-27-19(25)17-13-28-20(23-17)21-11-14-6-3-2-4-7-14/h2-10,13H,11-12H2,1H3,(H,21,23)(H,22,24). The number of amides is 1. The zero-order valence-corrected chi connectivity index (χ0v) is 16.0. The van der Waals surface area contributed by atoms with Gasteiger partial charge < -0.3 is 20.1 Å². The molecule has 0 aliphatic heterocycles. The average Bonchev–Trinajstić information content (AvgIpc) is 3.20. The van der Waals surface area contributed by atoms with Gasteiger partial charge in [-0.05, 0) is 17.7 Å². The van der Waals surface area contributed by atoms with Crippen LogP contribution in [0.2, 0.25) is 0 Å². The number of carbonyl (C=O) groups is 2. The number of carbonyl (C=O) groups excluding carboxylic acids is 2. The molecule has 8 heteroatoms. The van der Waals surface area contributed by atoms with Crippen LogP contribution < -0.4 is 15.4 Å². The summed E-state index contributed by atoms with van der Waals surface area (Å²) < 4.78 is 10.1. The third-order valence-electron chi connectivity index (χ3n) is 3.69. The molecule has 0 saturated heterocycles. The van der Waals surface area contributed by atoms with Gasteiger partial charge in [0.05, 0.1) is 7.11 Å². The second kappa shape index (κ2) is 9.52. The second-order valence-electron chi connectivity index (χ2n) is 5.73. The van der Waals surface area contributed by atoms with E-state index in [2.05, 4.69) is 15.6 Å². The molecule has 0 spiro atoms. The number of aromatic nitrogens is 1. The summed E-state index contributed by atoms with van der Waals surface area (Å²) in [5, 5.41) is 7.99. The molecule has 0 unspecified atom stereocenters. The number of esters is 1. The molecule has 1 aromatic heterocycles. The Morgan fingerprint density at radius 1 is 1.11 bits per heavy atom. The van der Waals surface area contributed by atoms with Crippen molar-refractivity contribution in [2.45, 2.75) is 6.54 Å². The molecule has 2 aromatic carbocycles. The molecular formula is C20H19N3O4S. The van der Waals surface area contributed by atoms with Crippen molar-refractivity contribution < 1.29 is 19.1 Å². The monoisotopic (exact) mass is 397 g/mol. The van der Waals surface area contributed by atoms with Crippen molar-refractivity contribution in [1.29, 1.82) is 0 Å². The first-order valence-corrected chi connectivity index (χ1v) is 9.36. The van der Waals surface area contributed by atoms with Crippen molar-refractivity contribution in [2.24, 2.45) is 0 Å². The van der Waals surface area contributed by atoms with E-state index in [0.29, 0.717) is 23.1 Å². The molecule has 0 radical (unpaired) electrons. The highest BCUT2D eigenvalue weighted by molar-refractivity contribution is 7.13. The van der Waals surface area contributed by atoms with Gasteiger partial charge in [0.25, 0.3) is 5.91 Å². The van der Waals surface area contributed by atoms with Crippen molar-refractivity contribution in [3.63, 3.8) is 0 Å². The molecule has 1 amide bonds. The first-order valence-electron chi connectivity index (χ1n) is 8.48. The minimum Gasteiger partial charge on any atom is -0.497 e. The third-order valence-corrected chi connectivity index (χ3v) is 4.49. The number of ether oxygens (including phenoxy) is 2. The molecule has 0 atom stereocenters. The molecular weight excluding hydrogens is 378 g/mol. The molecule has 0 aliphatic rings.